The van der Waals surface area contributed by atoms with Crippen LogP contribution in [-0.4, -0.2) is 7.11 Å². The Hall–Kier alpha value is -0.460. The molecule has 20 heavy (non-hydrogen) atoms. The normalized spacial score (nSPS) is 12.3. The van der Waals surface area contributed by atoms with Crippen molar-refractivity contribution in [3.8, 4) is 5.75 Å². The number of methoxy groups -OCH3 is 1. The predicted octanol–water partition coefficient (Wildman–Crippen LogP) is 5.98. The fourth-order valence-electron chi connectivity index (χ4n) is 1.77. The Bertz CT molecular complexity index is 647. The molecular formula is C14H9Br3F2O. The first kappa shape index (κ1) is 15.9. The van der Waals surface area contributed by atoms with E-state index in [2.05, 4.69) is 47.8 Å². The van der Waals surface area contributed by atoms with Crippen molar-refractivity contribution in [2.24, 2.45) is 0 Å². The molecule has 0 saturated carbocycles. The fourth-order valence-corrected chi connectivity index (χ4v) is 3.02. The summed E-state index contributed by atoms with van der Waals surface area (Å²) < 4.78 is 33.0. The lowest BCUT2D eigenvalue weighted by Crippen LogP contribution is -1.99. The lowest BCUT2D eigenvalue weighted by atomic mass is 10.0. The van der Waals surface area contributed by atoms with Crippen LogP contribution in [0, 0.1) is 11.6 Å². The molecule has 0 radical (unpaired) electrons. The Balaban J connectivity index is 2.49. The summed E-state index contributed by atoms with van der Waals surface area (Å²) in [4.78, 5) is -0.308. The second-order valence-corrected chi connectivity index (χ2v) is 6.67. The molecule has 0 bridgehead atoms. The minimum atomic E-state index is -0.410. The average molecular weight is 471 g/mol. The van der Waals surface area contributed by atoms with E-state index in [0.717, 1.165) is 0 Å². The van der Waals surface area contributed by atoms with Gasteiger partial charge in [-0.3, -0.25) is 0 Å². The Labute approximate surface area is 140 Å². The number of hydrogen-bond acceptors (Lipinski definition) is 1. The third-order valence-corrected chi connectivity index (χ3v) is 5.05. The number of alkyl halides is 1. The summed E-state index contributed by atoms with van der Waals surface area (Å²) in [7, 11) is 1.47. The number of rotatable bonds is 3. The van der Waals surface area contributed by atoms with Gasteiger partial charge in [-0.05, 0) is 55.6 Å². The van der Waals surface area contributed by atoms with Crippen molar-refractivity contribution >= 4 is 47.8 Å². The van der Waals surface area contributed by atoms with Crippen LogP contribution in [0.3, 0.4) is 0 Å². The molecule has 0 spiro atoms. The van der Waals surface area contributed by atoms with Crippen molar-refractivity contribution < 1.29 is 13.5 Å². The van der Waals surface area contributed by atoms with Gasteiger partial charge in [-0.2, -0.15) is 0 Å². The number of ether oxygens (including phenoxy) is 1. The quantitative estimate of drug-likeness (QED) is 0.501. The van der Waals surface area contributed by atoms with Crippen molar-refractivity contribution in [2.45, 2.75) is 4.83 Å². The summed E-state index contributed by atoms with van der Waals surface area (Å²) in [6.45, 7) is 0. The molecule has 0 saturated heterocycles. The smallest absolute Gasteiger partial charge is 0.141 e. The van der Waals surface area contributed by atoms with Gasteiger partial charge in [0.15, 0.2) is 0 Å². The molecule has 106 valence electrons. The molecule has 1 unspecified atom stereocenters. The zero-order valence-corrected chi connectivity index (χ0v) is 15.0. The van der Waals surface area contributed by atoms with E-state index in [0.29, 0.717) is 25.8 Å². The summed E-state index contributed by atoms with van der Waals surface area (Å²) in [6, 6.07) is 7.74. The first-order valence-corrected chi connectivity index (χ1v) is 8.06. The molecule has 1 nitrogen and oxygen atoms in total. The van der Waals surface area contributed by atoms with Crippen molar-refractivity contribution in [1.82, 2.24) is 0 Å². The van der Waals surface area contributed by atoms with Gasteiger partial charge in [0.1, 0.15) is 17.4 Å². The second-order valence-electron chi connectivity index (χ2n) is 4.04. The van der Waals surface area contributed by atoms with Crippen molar-refractivity contribution in [2.75, 3.05) is 7.11 Å². The van der Waals surface area contributed by atoms with Crippen molar-refractivity contribution in [3.63, 3.8) is 0 Å². The first-order chi connectivity index (χ1) is 9.43. The molecule has 2 aromatic carbocycles. The number of halogens is 5. The number of benzene rings is 2. The maximum absolute atomic E-state index is 13.6. The van der Waals surface area contributed by atoms with Crippen LogP contribution in [0.1, 0.15) is 16.0 Å². The van der Waals surface area contributed by atoms with E-state index >= 15 is 0 Å². The van der Waals surface area contributed by atoms with Gasteiger partial charge in [0.05, 0.1) is 20.9 Å². The van der Waals surface area contributed by atoms with E-state index in [1.165, 1.54) is 19.2 Å². The minimum absolute atomic E-state index is 0.308. The summed E-state index contributed by atoms with van der Waals surface area (Å²) in [5, 5.41) is 0. The van der Waals surface area contributed by atoms with Crippen molar-refractivity contribution in [3.05, 3.63) is 62.0 Å². The molecule has 0 heterocycles. The van der Waals surface area contributed by atoms with Crippen LogP contribution >= 0.6 is 47.8 Å². The Morgan fingerprint density at radius 3 is 2.25 bits per heavy atom. The highest BCUT2D eigenvalue weighted by atomic mass is 79.9. The first-order valence-electron chi connectivity index (χ1n) is 5.56. The van der Waals surface area contributed by atoms with E-state index in [1.54, 1.807) is 18.2 Å². The van der Waals surface area contributed by atoms with Gasteiger partial charge in [0, 0.05) is 11.6 Å². The molecule has 1 atom stereocenters. The zero-order valence-electron chi connectivity index (χ0n) is 10.3. The van der Waals surface area contributed by atoms with E-state index < -0.39 is 5.82 Å². The summed E-state index contributed by atoms with van der Waals surface area (Å²) in [5.74, 6) is -0.365. The molecule has 0 aliphatic heterocycles. The molecule has 0 aliphatic rings. The van der Waals surface area contributed by atoms with Gasteiger partial charge in [-0.15, -0.1) is 0 Å². The van der Waals surface area contributed by atoms with Gasteiger partial charge < -0.3 is 4.74 Å². The van der Waals surface area contributed by atoms with Gasteiger partial charge >= 0.3 is 0 Å². The maximum atomic E-state index is 13.6. The van der Waals surface area contributed by atoms with Crippen LogP contribution in [0.2, 0.25) is 0 Å². The fraction of sp³-hybridized carbons (Fsp3) is 0.143. The zero-order chi connectivity index (χ0) is 14.9. The molecule has 2 aromatic rings. The van der Waals surface area contributed by atoms with Crippen LogP contribution in [0.5, 0.6) is 5.75 Å². The molecule has 0 amide bonds. The molecule has 0 aromatic heterocycles. The third-order valence-electron chi connectivity index (χ3n) is 2.78. The summed E-state index contributed by atoms with van der Waals surface area (Å²) >= 11 is 9.75. The SMILES string of the molecule is COc1cc(F)c(Br)cc1C(Br)c1ccc(Br)c(F)c1. The highest BCUT2D eigenvalue weighted by Gasteiger charge is 2.19. The number of hydrogen-bond donors (Lipinski definition) is 0. The lowest BCUT2D eigenvalue weighted by molar-refractivity contribution is 0.406. The van der Waals surface area contributed by atoms with Gasteiger partial charge in [-0.1, -0.05) is 22.0 Å². The standard InChI is InChI=1S/C14H9Br3F2O/c1-20-13-6-12(19)10(16)5-8(13)14(17)7-2-3-9(15)11(18)4-7/h2-6,14H,1H3. The van der Waals surface area contributed by atoms with Crippen LogP contribution < -0.4 is 4.74 Å². The van der Waals surface area contributed by atoms with Crippen LogP contribution in [0.15, 0.2) is 39.3 Å². The maximum Gasteiger partial charge on any atom is 0.141 e. The van der Waals surface area contributed by atoms with E-state index in [1.807, 2.05) is 0 Å². The van der Waals surface area contributed by atoms with E-state index in [-0.39, 0.29) is 10.6 Å². The van der Waals surface area contributed by atoms with Crippen molar-refractivity contribution in [1.29, 1.82) is 0 Å². The van der Waals surface area contributed by atoms with Crippen LogP contribution in [0.25, 0.3) is 0 Å². The van der Waals surface area contributed by atoms with Gasteiger partial charge in [0.25, 0.3) is 0 Å². The van der Waals surface area contributed by atoms with E-state index in [9.17, 15) is 8.78 Å². The summed E-state index contributed by atoms with van der Waals surface area (Å²) in [5.41, 5.74) is 1.42. The lowest BCUT2D eigenvalue weighted by Gasteiger charge is -2.16. The average Bonchev–Trinajstić information content (AvgIpc) is 2.43. The third kappa shape index (κ3) is 3.23. The molecule has 2 rings (SSSR count). The van der Waals surface area contributed by atoms with Crippen LogP contribution in [-0.2, 0) is 0 Å². The molecule has 0 aliphatic carbocycles. The molecular weight excluding hydrogens is 462 g/mol. The minimum Gasteiger partial charge on any atom is -0.496 e. The Kier molecular flexibility index (Phi) is 5.20. The highest BCUT2D eigenvalue weighted by Crippen LogP contribution is 2.39. The largest absolute Gasteiger partial charge is 0.496 e. The topological polar surface area (TPSA) is 9.23 Å². The molecule has 0 fully saturated rings. The second kappa shape index (κ2) is 6.54. The Morgan fingerprint density at radius 1 is 1.00 bits per heavy atom. The monoisotopic (exact) mass is 468 g/mol. The van der Waals surface area contributed by atoms with Gasteiger partial charge in [-0.25, -0.2) is 8.78 Å². The Morgan fingerprint density at radius 2 is 1.65 bits per heavy atom. The molecule has 6 heteroatoms. The predicted molar refractivity (Wildman–Crippen MR) is 85.5 cm³/mol. The van der Waals surface area contributed by atoms with Gasteiger partial charge in [0.2, 0.25) is 0 Å². The highest BCUT2D eigenvalue weighted by molar-refractivity contribution is 9.11. The molecule has 0 N–H and O–H groups in total. The van der Waals surface area contributed by atoms with Crippen LogP contribution in [0.4, 0.5) is 8.78 Å². The summed E-state index contributed by atoms with van der Waals surface area (Å²) in [6.07, 6.45) is 0. The van der Waals surface area contributed by atoms with E-state index in [4.69, 9.17) is 4.74 Å².